The lowest BCUT2D eigenvalue weighted by Gasteiger charge is -2.23. The molecule has 0 aliphatic heterocycles. The van der Waals surface area contributed by atoms with E-state index in [4.69, 9.17) is 0 Å². The van der Waals surface area contributed by atoms with E-state index in [2.05, 4.69) is 5.32 Å². The minimum Gasteiger partial charge on any atom is -0.393 e. The molecule has 0 bridgehead atoms. The average molecular weight is 281 g/mol. The molecule has 2 saturated carbocycles. The summed E-state index contributed by atoms with van der Waals surface area (Å²) in [6, 6.07) is 0.710. The van der Waals surface area contributed by atoms with E-state index in [0.29, 0.717) is 12.0 Å². The molecule has 0 spiro atoms. The van der Waals surface area contributed by atoms with Gasteiger partial charge in [0.1, 0.15) is 0 Å². The van der Waals surface area contributed by atoms with Gasteiger partial charge in [-0.15, -0.1) is 0 Å². The van der Waals surface area contributed by atoms with Crippen LogP contribution in [0.15, 0.2) is 0 Å². The van der Waals surface area contributed by atoms with Crippen molar-refractivity contribution in [1.82, 2.24) is 5.32 Å². The van der Waals surface area contributed by atoms with Gasteiger partial charge in [-0.2, -0.15) is 0 Å². The molecule has 2 nitrogen and oxygen atoms in total. The maximum Gasteiger partial charge on any atom is 0.0580 e. The van der Waals surface area contributed by atoms with E-state index in [1.54, 1.807) is 0 Å². The Morgan fingerprint density at radius 2 is 1.20 bits per heavy atom. The lowest BCUT2D eigenvalue weighted by atomic mass is 9.97. The zero-order chi connectivity index (χ0) is 14.0. The summed E-state index contributed by atoms with van der Waals surface area (Å²) in [5.74, 6) is 0.524. The van der Waals surface area contributed by atoms with E-state index in [0.717, 1.165) is 13.0 Å². The Bertz CT molecular complexity index is 232. The lowest BCUT2D eigenvalue weighted by molar-refractivity contribution is 0.129. The van der Waals surface area contributed by atoms with E-state index in [9.17, 15) is 5.11 Å². The van der Waals surface area contributed by atoms with E-state index in [1.807, 2.05) is 0 Å². The van der Waals surface area contributed by atoms with Gasteiger partial charge in [-0.25, -0.2) is 0 Å². The van der Waals surface area contributed by atoms with Crippen molar-refractivity contribution < 1.29 is 5.11 Å². The number of nitrogens with one attached hydrogen (secondary N) is 1. The molecule has 0 amide bonds. The highest BCUT2D eigenvalue weighted by Crippen LogP contribution is 2.25. The Hall–Kier alpha value is -0.0800. The molecule has 20 heavy (non-hydrogen) atoms. The van der Waals surface area contributed by atoms with Crippen LogP contribution in [0.4, 0.5) is 0 Å². The first kappa shape index (κ1) is 16.3. The largest absolute Gasteiger partial charge is 0.393 e. The zero-order valence-corrected chi connectivity index (χ0v) is 13.3. The van der Waals surface area contributed by atoms with Crippen molar-refractivity contribution in [2.45, 2.75) is 102 Å². The minimum absolute atomic E-state index is 0.0336. The van der Waals surface area contributed by atoms with Gasteiger partial charge in [0.05, 0.1) is 6.10 Å². The molecule has 0 aromatic heterocycles. The highest BCUT2D eigenvalue weighted by molar-refractivity contribution is 4.80. The fourth-order valence-electron chi connectivity index (χ4n) is 3.94. The molecule has 2 rings (SSSR count). The van der Waals surface area contributed by atoms with Gasteiger partial charge in [-0.3, -0.25) is 0 Å². The van der Waals surface area contributed by atoms with Gasteiger partial charge in [-0.05, 0) is 31.6 Å². The summed E-state index contributed by atoms with van der Waals surface area (Å²) in [5, 5.41) is 13.7. The van der Waals surface area contributed by atoms with Crippen LogP contribution >= 0.6 is 0 Å². The second kappa shape index (κ2) is 9.78. The van der Waals surface area contributed by atoms with Gasteiger partial charge in [0, 0.05) is 12.6 Å². The fraction of sp³-hybridized carbons (Fsp3) is 1.00. The predicted octanol–water partition coefficient (Wildman–Crippen LogP) is 4.41. The first-order valence-corrected chi connectivity index (χ1v) is 9.28. The molecule has 2 aliphatic carbocycles. The van der Waals surface area contributed by atoms with Crippen molar-refractivity contribution in [1.29, 1.82) is 0 Å². The minimum atomic E-state index is -0.0336. The summed E-state index contributed by atoms with van der Waals surface area (Å²) in [6.07, 6.45) is 19.0. The second-order valence-corrected chi connectivity index (χ2v) is 7.12. The molecule has 2 atom stereocenters. The molecule has 2 N–H and O–H groups in total. The Kier molecular flexibility index (Phi) is 7.97. The Morgan fingerprint density at radius 3 is 1.70 bits per heavy atom. The summed E-state index contributed by atoms with van der Waals surface area (Å²) in [6.45, 7) is 1.05. The van der Waals surface area contributed by atoms with Crippen LogP contribution in [0, 0.1) is 5.92 Å². The van der Waals surface area contributed by atoms with Gasteiger partial charge in [0.25, 0.3) is 0 Å². The quantitative estimate of drug-likeness (QED) is 0.803. The van der Waals surface area contributed by atoms with Gasteiger partial charge in [0.15, 0.2) is 0 Å². The summed E-state index contributed by atoms with van der Waals surface area (Å²) >= 11 is 0. The SMILES string of the molecule is OC1CCCC1CNC1CCCCCCCCCCC1. The average Bonchev–Trinajstić information content (AvgIpc) is 2.84. The number of aliphatic hydroxyl groups excluding tert-OH is 1. The molecule has 2 fully saturated rings. The summed E-state index contributed by atoms with van der Waals surface area (Å²) in [7, 11) is 0. The van der Waals surface area contributed by atoms with Crippen LogP contribution in [0.2, 0.25) is 0 Å². The van der Waals surface area contributed by atoms with Crippen molar-refractivity contribution in [3.05, 3.63) is 0 Å². The van der Waals surface area contributed by atoms with Crippen LogP contribution in [-0.2, 0) is 0 Å². The third-order valence-electron chi connectivity index (χ3n) is 5.39. The van der Waals surface area contributed by atoms with Crippen molar-refractivity contribution >= 4 is 0 Å². The molecule has 118 valence electrons. The Labute approximate surface area is 125 Å². The molecule has 0 radical (unpaired) electrons. The van der Waals surface area contributed by atoms with Crippen molar-refractivity contribution in [3.63, 3.8) is 0 Å². The van der Waals surface area contributed by atoms with Gasteiger partial charge < -0.3 is 10.4 Å². The van der Waals surface area contributed by atoms with Crippen molar-refractivity contribution in [3.8, 4) is 0 Å². The zero-order valence-electron chi connectivity index (χ0n) is 13.3. The van der Waals surface area contributed by atoms with Crippen LogP contribution in [0.1, 0.15) is 89.9 Å². The van der Waals surface area contributed by atoms with E-state index < -0.39 is 0 Å². The first-order valence-electron chi connectivity index (χ1n) is 9.28. The van der Waals surface area contributed by atoms with Crippen LogP contribution < -0.4 is 5.32 Å². The van der Waals surface area contributed by atoms with Gasteiger partial charge >= 0.3 is 0 Å². The Morgan fingerprint density at radius 1 is 0.650 bits per heavy atom. The van der Waals surface area contributed by atoms with Crippen molar-refractivity contribution in [2.75, 3.05) is 6.54 Å². The van der Waals surface area contributed by atoms with E-state index in [-0.39, 0.29) is 6.10 Å². The maximum atomic E-state index is 9.93. The fourth-order valence-corrected chi connectivity index (χ4v) is 3.94. The van der Waals surface area contributed by atoms with Crippen molar-refractivity contribution in [2.24, 2.45) is 5.92 Å². The summed E-state index contributed by atoms with van der Waals surface area (Å²) in [5.41, 5.74) is 0. The molecule has 2 unspecified atom stereocenters. The number of rotatable bonds is 3. The highest BCUT2D eigenvalue weighted by Gasteiger charge is 2.25. The Balaban J connectivity index is 1.68. The second-order valence-electron chi connectivity index (χ2n) is 7.12. The smallest absolute Gasteiger partial charge is 0.0580 e. The molecule has 0 heterocycles. The lowest BCUT2D eigenvalue weighted by Crippen LogP contribution is -2.35. The first-order chi connectivity index (χ1) is 9.86. The monoisotopic (exact) mass is 281 g/mol. The van der Waals surface area contributed by atoms with Gasteiger partial charge in [-0.1, -0.05) is 64.2 Å². The van der Waals surface area contributed by atoms with Crippen LogP contribution in [0.5, 0.6) is 0 Å². The third kappa shape index (κ3) is 6.13. The molecular weight excluding hydrogens is 246 g/mol. The summed E-state index contributed by atoms with van der Waals surface area (Å²) in [4.78, 5) is 0. The third-order valence-corrected chi connectivity index (χ3v) is 5.39. The van der Waals surface area contributed by atoms with E-state index in [1.165, 1.54) is 83.5 Å². The number of hydrogen-bond acceptors (Lipinski definition) is 2. The molecule has 0 aromatic rings. The summed E-state index contributed by atoms with van der Waals surface area (Å²) < 4.78 is 0. The van der Waals surface area contributed by atoms with Crippen LogP contribution in [-0.4, -0.2) is 23.8 Å². The van der Waals surface area contributed by atoms with Gasteiger partial charge in [0.2, 0.25) is 0 Å². The predicted molar refractivity (Wildman–Crippen MR) is 85.9 cm³/mol. The topological polar surface area (TPSA) is 32.3 Å². The molecule has 2 aliphatic rings. The van der Waals surface area contributed by atoms with E-state index >= 15 is 0 Å². The van der Waals surface area contributed by atoms with Crippen LogP contribution in [0.25, 0.3) is 0 Å². The molecule has 0 saturated heterocycles. The highest BCUT2D eigenvalue weighted by atomic mass is 16.3. The molecule has 0 aromatic carbocycles. The normalized spacial score (nSPS) is 31.6. The maximum absolute atomic E-state index is 9.93. The molecular formula is C18H35NO. The number of aliphatic hydroxyl groups is 1. The van der Waals surface area contributed by atoms with Crippen LogP contribution in [0.3, 0.4) is 0 Å². The molecule has 2 heteroatoms. The number of hydrogen-bond donors (Lipinski definition) is 2. The standard InChI is InChI=1S/C18H35NO/c20-18-14-10-11-16(18)15-19-17-12-8-6-4-2-1-3-5-7-9-13-17/h16-20H,1-15H2.